The number of phenols is 1. The van der Waals surface area contributed by atoms with Gasteiger partial charge in [0, 0.05) is 17.3 Å². The Morgan fingerprint density at radius 3 is 2.27 bits per heavy atom. The van der Waals surface area contributed by atoms with Crippen molar-refractivity contribution in [2.24, 2.45) is 0 Å². The van der Waals surface area contributed by atoms with Crippen LogP contribution in [0.1, 0.15) is 31.0 Å². The van der Waals surface area contributed by atoms with Gasteiger partial charge >= 0.3 is 7.60 Å². The summed E-state index contributed by atoms with van der Waals surface area (Å²) in [7, 11) is -7.65. The zero-order valence-electron chi connectivity index (χ0n) is 18.4. The lowest BCUT2D eigenvalue weighted by molar-refractivity contribution is 0.213. The Hall–Kier alpha value is -2.85. The molecule has 178 valence electrons. The zero-order chi connectivity index (χ0) is 24.1. The summed E-state index contributed by atoms with van der Waals surface area (Å²) >= 11 is 0. The molecule has 10 nitrogen and oxygen atoms in total. The molecule has 0 aliphatic rings. The van der Waals surface area contributed by atoms with Crippen molar-refractivity contribution >= 4 is 29.1 Å². The number of phenolic OH excluding ortho intramolecular Hbond substituents is 1. The first-order valence-electron chi connectivity index (χ1n) is 10.2. The van der Waals surface area contributed by atoms with Gasteiger partial charge in [0.05, 0.1) is 18.1 Å². The minimum Gasteiger partial charge on any atom is -0.508 e. The zero-order valence-corrected chi connectivity index (χ0v) is 20.1. The SMILES string of the molecule is CCOP(=O)(OCC)C(Nc1ccc(S(=O)(=O)Nc2cc(C)on2)cc1)c1ccccc1O. The van der Waals surface area contributed by atoms with E-state index in [2.05, 4.69) is 15.2 Å². The van der Waals surface area contributed by atoms with Crippen LogP contribution in [0.4, 0.5) is 11.5 Å². The average molecular weight is 495 g/mol. The number of anilines is 2. The molecule has 0 fully saturated rings. The lowest BCUT2D eigenvalue weighted by Gasteiger charge is -2.28. The van der Waals surface area contributed by atoms with Crippen molar-refractivity contribution in [1.82, 2.24) is 5.16 Å². The highest BCUT2D eigenvalue weighted by Crippen LogP contribution is 2.61. The number of benzene rings is 2. The van der Waals surface area contributed by atoms with Crippen LogP contribution in [0.15, 0.2) is 64.0 Å². The van der Waals surface area contributed by atoms with Crippen molar-refractivity contribution in [2.45, 2.75) is 31.4 Å². The van der Waals surface area contributed by atoms with Crippen molar-refractivity contribution in [2.75, 3.05) is 23.3 Å². The molecular weight excluding hydrogens is 469 g/mol. The summed E-state index contributed by atoms with van der Waals surface area (Å²) in [5.41, 5.74) is 0.765. The number of hydrogen-bond donors (Lipinski definition) is 3. The van der Waals surface area contributed by atoms with E-state index in [1.807, 2.05) is 0 Å². The molecule has 3 N–H and O–H groups in total. The van der Waals surface area contributed by atoms with Crippen LogP contribution in [0.25, 0.3) is 0 Å². The highest BCUT2D eigenvalue weighted by molar-refractivity contribution is 7.92. The molecule has 0 spiro atoms. The minimum atomic E-state index is -3.89. The molecule has 0 saturated carbocycles. The fourth-order valence-corrected chi connectivity index (χ4v) is 6.03. The van der Waals surface area contributed by atoms with Gasteiger partial charge in [0.25, 0.3) is 10.0 Å². The summed E-state index contributed by atoms with van der Waals surface area (Å²) in [5, 5.41) is 17.1. The van der Waals surface area contributed by atoms with Gasteiger partial charge in [-0.25, -0.2) is 8.42 Å². The van der Waals surface area contributed by atoms with E-state index in [9.17, 15) is 18.1 Å². The quantitative estimate of drug-likeness (QED) is 0.318. The fraction of sp³-hybridized carbons (Fsp3) is 0.286. The van der Waals surface area contributed by atoms with Crippen LogP contribution in [0.2, 0.25) is 0 Å². The molecule has 0 bridgehead atoms. The largest absolute Gasteiger partial charge is 0.508 e. The molecule has 33 heavy (non-hydrogen) atoms. The molecule has 0 aliphatic carbocycles. The number of aromatic hydroxyl groups is 1. The third kappa shape index (κ3) is 5.94. The van der Waals surface area contributed by atoms with Gasteiger partial charge in [-0.3, -0.25) is 9.29 Å². The molecule has 0 aliphatic heterocycles. The van der Waals surface area contributed by atoms with E-state index in [0.717, 1.165) is 0 Å². The van der Waals surface area contributed by atoms with E-state index in [1.165, 1.54) is 36.4 Å². The van der Waals surface area contributed by atoms with E-state index in [1.54, 1.807) is 39.0 Å². The second-order valence-corrected chi connectivity index (χ2v) is 10.7. The van der Waals surface area contributed by atoms with Gasteiger partial charge in [0.1, 0.15) is 11.5 Å². The first kappa shape index (κ1) is 24.8. The Labute approximate surface area is 192 Å². The molecule has 3 rings (SSSR count). The monoisotopic (exact) mass is 495 g/mol. The molecule has 12 heteroatoms. The predicted octanol–water partition coefficient (Wildman–Crippen LogP) is 4.87. The lowest BCUT2D eigenvalue weighted by Crippen LogP contribution is -2.16. The van der Waals surface area contributed by atoms with Crippen LogP contribution in [-0.4, -0.2) is 31.9 Å². The Morgan fingerprint density at radius 2 is 1.73 bits per heavy atom. The van der Waals surface area contributed by atoms with Crippen molar-refractivity contribution in [3.63, 3.8) is 0 Å². The summed E-state index contributed by atoms with van der Waals surface area (Å²) in [6, 6.07) is 13.7. The number of rotatable bonds is 11. The molecule has 2 aromatic carbocycles. The number of aromatic nitrogens is 1. The van der Waals surface area contributed by atoms with Gasteiger partial charge < -0.3 is 24.0 Å². The maximum atomic E-state index is 13.6. The van der Waals surface area contributed by atoms with Crippen LogP contribution in [-0.2, 0) is 23.6 Å². The fourth-order valence-electron chi connectivity index (χ4n) is 3.09. The van der Waals surface area contributed by atoms with Crippen molar-refractivity contribution < 1.29 is 31.7 Å². The van der Waals surface area contributed by atoms with Gasteiger partial charge in [-0.2, -0.15) is 0 Å². The van der Waals surface area contributed by atoms with Crippen LogP contribution < -0.4 is 10.0 Å². The van der Waals surface area contributed by atoms with Gasteiger partial charge in [-0.05, 0) is 51.1 Å². The molecule has 1 aromatic heterocycles. The predicted molar refractivity (Wildman–Crippen MR) is 124 cm³/mol. The maximum Gasteiger partial charge on any atom is 0.357 e. The first-order chi connectivity index (χ1) is 15.7. The minimum absolute atomic E-state index is 0.00869. The van der Waals surface area contributed by atoms with Crippen molar-refractivity contribution in [1.29, 1.82) is 0 Å². The van der Waals surface area contributed by atoms with Gasteiger partial charge in [0.2, 0.25) is 0 Å². The number of nitrogens with zero attached hydrogens (tertiary/aromatic N) is 1. The summed E-state index contributed by atoms with van der Waals surface area (Å²) in [6.45, 7) is 5.30. The first-order valence-corrected chi connectivity index (χ1v) is 13.3. The normalized spacial score (nSPS) is 12.9. The second kappa shape index (κ2) is 10.4. The van der Waals surface area contributed by atoms with E-state index in [-0.39, 0.29) is 29.7 Å². The number of hydrogen-bond acceptors (Lipinski definition) is 9. The Morgan fingerprint density at radius 1 is 1.09 bits per heavy atom. The van der Waals surface area contributed by atoms with Crippen LogP contribution in [0, 0.1) is 6.92 Å². The molecule has 3 aromatic rings. The van der Waals surface area contributed by atoms with Gasteiger partial charge in [-0.15, -0.1) is 0 Å². The van der Waals surface area contributed by atoms with E-state index >= 15 is 0 Å². The van der Waals surface area contributed by atoms with Gasteiger partial charge in [-0.1, -0.05) is 23.4 Å². The number of nitrogens with one attached hydrogen (secondary N) is 2. The lowest BCUT2D eigenvalue weighted by atomic mass is 10.2. The van der Waals surface area contributed by atoms with Crippen LogP contribution >= 0.6 is 7.60 Å². The Bertz CT molecular complexity index is 1220. The smallest absolute Gasteiger partial charge is 0.357 e. The Balaban J connectivity index is 1.90. The van der Waals surface area contributed by atoms with E-state index < -0.39 is 23.4 Å². The highest BCUT2D eigenvalue weighted by Gasteiger charge is 2.38. The second-order valence-electron chi connectivity index (χ2n) is 6.93. The summed E-state index contributed by atoms with van der Waals surface area (Å²) < 4.78 is 57.0. The summed E-state index contributed by atoms with van der Waals surface area (Å²) in [6.07, 6.45) is 0. The molecule has 1 heterocycles. The van der Waals surface area contributed by atoms with Crippen molar-refractivity contribution in [3.05, 3.63) is 65.9 Å². The summed E-state index contributed by atoms with van der Waals surface area (Å²) in [4.78, 5) is -0.00869. The molecular formula is C21H26N3O7PS. The molecule has 1 unspecified atom stereocenters. The van der Waals surface area contributed by atoms with Crippen LogP contribution in [0.5, 0.6) is 5.75 Å². The van der Waals surface area contributed by atoms with Gasteiger partial charge in [0.15, 0.2) is 11.6 Å². The molecule has 1 atom stereocenters. The molecule has 0 amide bonds. The maximum absolute atomic E-state index is 13.6. The summed E-state index contributed by atoms with van der Waals surface area (Å²) in [5.74, 6) is -0.572. The van der Waals surface area contributed by atoms with Crippen LogP contribution in [0.3, 0.4) is 0 Å². The molecule has 0 saturated heterocycles. The number of sulfonamides is 1. The molecule has 0 radical (unpaired) electrons. The standard InChI is InChI=1S/C21H26N3O7PS/c1-4-29-32(26,30-5-2)21(18-8-6-7-9-19(18)25)22-16-10-12-17(13-11-16)33(27,28)24-20-14-15(3)31-23-20/h6-14,21-22,25H,4-5H2,1-3H3,(H,23,24). The highest BCUT2D eigenvalue weighted by atomic mass is 32.2. The van der Waals surface area contributed by atoms with E-state index in [0.29, 0.717) is 17.0 Å². The topological polar surface area (TPSA) is 140 Å². The third-order valence-electron chi connectivity index (χ3n) is 4.50. The Kier molecular flexibility index (Phi) is 7.80. The third-order valence-corrected chi connectivity index (χ3v) is 8.15. The number of para-hydroxylation sites is 1. The number of aryl methyl sites for hydroxylation is 1. The average Bonchev–Trinajstić information content (AvgIpc) is 3.17. The van der Waals surface area contributed by atoms with E-state index in [4.69, 9.17) is 13.6 Å². The van der Waals surface area contributed by atoms with Crippen molar-refractivity contribution in [3.8, 4) is 5.75 Å².